The van der Waals surface area contributed by atoms with Crippen LogP contribution in [0.5, 0.6) is 0 Å². The van der Waals surface area contributed by atoms with Crippen molar-refractivity contribution in [1.29, 1.82) is 0 Å². The van der Waals surface area contributed by atoms with E-state index in [0.29, 0.717) is 10.3 Å². The van der Waals surface area contributed by atoms with Gasteiger partial charge in [-0.25, -0.2) is 14.2 Å². The number of nitrogens with zero attached hydrogens (tertiary/aromatic N) is 1. The summed E-state index contributed by atoms with van der Waals surface area (Å²) in [4.78, 5) is 35.9. The predicted octanol–water partition coefficient (Wildman–Crippen LogP) is -0.801. The monoisotopic (exact) mass is 220 g/mol. The number of aromatic nitrogens is 2. The molecule has 1 aromatic heterocycles. The summed E-state index contributed by atoms with van der Waals surface area (Å²) >= 11 is 0. The summed E-state index contributed by atoms with van der Waals surface area (Å²) in [6.45, 7) is 0. The zero-order valence-electron chi connectivity index (χ0n) is 8.06. The molecule has 1 aromatic carbocycles. The Bertz CT molecular complexity index is 698. The summed E-state index contributed by atoms with van der Waals surface area (Å²) < 4.78 is 0.677. The Labute approximate surface area is 88.3 Å². The molecule has 7 heteroatoms. The minimum atomic E-state index is -0.962. The van der Waals surface area contributed by atoms with Gasteiger partial charge in [0.25, 0.3) is 5.56 Å². The van der Waals surface area contributed by atoms with E-state index < -0.39 is 17.3 Å². The minimum absolute atomic E-state index is 0.135. The minimum Gasteiger partial charge on any atom is -0.399 e. The Morgan fingerprint density at radius 1 is 1.31 bits per heavy atom. The van der Waals surface area contributed by atoms with Crippen LogP contribution >= 0.6 is 0 Å². The number of primary amides is 1. The molecule has 1 heterocycles. The fourth-order valence-electron chi connectivity index (χ4n) is 1.48. The molecule has 16 heavy (non-hydrogen) atoms. The molecule has 0 saturated heterocycles. The number of anilines is 1. The lowest BCUT2D eigenvalue weighted by Crippen LogP contribution is -2.37. The number of nitrogens with one attached hydrogen (secondary N) is 1. The Morgan fingerprint density at radius 2 is 2.00 bits per heavy atom. The maximum absolute atomic E-state index is 11.5. The second-order valence-corrected chi connectivity index (χ2v) is 3.21. The van der Waals surface area contributed by atoms with Gasteiger partial charge in [-0.05, 0) is 18.2 Å². The van der Waals surface area contributed by atoms with Crippen molar-refractivity contribution in [2.75, 3.05) is 5.73 Å². The summed E-state index contributed by atoms with van der Waals surface area (Å²) in [6.07, 6.45) is 0. The molecular weight excluding hydrogens is 212 g/mol. The Hall–Kier alpha value is -2.57. The van der Waals surface area contributed by atoms with Crippen LogP contribution in [0.1, 0.15) is 0 Å². The van der Waals surface area contributed by atoms with Crippen LogP contribution in [0, 0.1) is 0 Å². The van der Waals surface area contributed by atoms with Crippen molar-refractivity contribution in [2.45, 2.75) is 0 Å². The van der Waals surface area contributed by atoms with Crippen LogP contribution < -0.4 is 22.7 Å². The highest BCUT2D eigenvalue weighted by molar-refractivity contribution is 5.90. The fourth-order valence-corrected chi connectivity index (χ4v) is 1.48. The highest BCUT2D eigenvalue weighted by Crippen LogP contribution is 2.11. The number of hydrogen-bond donors (Lipinski definition) is 3. The molecule has 2 aromatic rings. The van der Waals surface area contributed by atoms with E-state index in [9.17, 15) is 14.4 Å². The summed E-state index contributed by atoms with van der Waals surface area (Å²) in [5.74, 6) is 0. The number of H-pyrrole nitrogens is 1. The van der Waals surface area contributed by atoms with Gasteiger partial charge in [-0.15, -0.1) is 0 Å². The zero-order chi connectivity index (χ0) is 11.9. The molecule has 0 unspecified atom stereocenters. The molecule has 7 nitrogen and oxygen atoms in total. The van der Waals surface area contributed by atoms with Crippen molar-refractivity contribution in [3.8, 4) is 0 Å². The number of fused-ring (bicyclic) bond motifs is 1. The van der Waals surface area contributed by atoms with Gasteiger partial charge in [0.1, 0.15) is 0 Å². The van der Waals surface area contributed by atoms with Crippen molar-refractivity contribution >= 4 is 22.6 Å². The van der Waals surface area contributed by atoms with Gasteiger partial charge in [-0.3, -0.25) is 9.78 Å². The number of nitrogens with two attached hydrogens (primary N) is 2. The lowest BCUT2D eigenvalue weighted by atomic mass is 10.2. The van der Waals surface area contributed by atoms with Crippen LogP contribution in [0.25, 0.3) is 10.9 Å². The third-order valence-corrected chi connectivity index (χ3v) is 2.15. The number of hydrogen-bond acceptors (Lipinski definition) is 4. The number of aromatic amines is 1. The average molecular weight is 220 g/mol. The van der Waals surface area contributed by atoms with E-state index in [2.05, 4.69) is 0 Å². The van der Waals surface area contributed by atoms with Gasteiger partial charge in [0.15, 0.2) is 0 Å². The Balaban J connectivity index is 3.08. The van der Waals surface area contributed by atoms with Gasteiger partial charge >= 0.3 is 11.7 Å². The summed E-state index contributed by atoms with van der Waals surface area (Å²) in [5.41, 5.74) is 9.56. The van der Waals surface area contributed by atoms with E-state index >= 15 is 0 Å². The fraction of sp³-hybridized carbons (Fsp3) is 0. The molecular formula is C9H8N4O3. The Morgan fingerprint density at radius 3 is 2.62 bits per heavy atom. The molecule has 0 bridgehead atoms. The second kappa shape index (κ2) is 3.23. The van der Waals surface area contributed by atoms with Gasteiger partial charge in [-0.2, -0.15) is 0 Å². The van der Waals surface area contributed by atoms with Gasteiger partial charge in [0, 0.05) is 5.69 Å². The van der Waals surface area contributed by atoms with Crippen LogP contribution in [0.3, 0.4) is 0 Å². The largest absolute Gasteiger partial charge is 0.399 e. The molecule has 5 N–H and O–H groups in total. The van der Waals surface area contributed by atoms with Crippen LogP contribution in [-0.4, -0.2) is 15.6 Å². The number of amides is 1. The van der Waals surface area contributed by atoms with Crippen LogP contribution in [0.2, 0.25) is 0 Å². The number of nitrogen functional groups attached to an aromatic ring is 1. The molecule has 0 spiro atoms. The van der Waals surface area contributed by atoms with Gasteiger partial charge < -0.3 is 11.5 Å². The molecule has 0 radical (unpaired) electrons. The predicted molar refractivity (Wildman–Crippen MR) is 58.2 cm³/mol. The van der Waals surface area contributed by atoms with Crippen molar-refractivity contribution < 1.29 is 4.79 Å². The topological polar surface area (TPSA) is 124 Å². The van der Waals surface area contributed by atoms with Crippen molar-refractivity contribution in [3.63, 3.8) is 0 Å². The lowest BCUT2D eigenvalue weighted by Gasteiger charge is -2.05. The first kappa shape index (κ1) is 9.97. The van der Waals surface area contributed by atoms with Gasteiger partial charge in [0.2, 0.25) is 0 Å². The molecule has 0 aliphatic heterocycles. The van der Waals surface area contributed by atoms with Crippen molar-refractivity contribution in [3.05, 3.63) is 39.0 Å². The summed E-state index contributed by atoms with van der Waals surface area (Å²) in [7, 11) is 0. The number of carbonyl (C=O) groups is 1. The number of benzene rings is 1. The van der Waals surface area contributed by atoms with E-state index in [1.807, 2.05) is 4.98 Å². The van der Waals surface area contributed by atoms with E-state index in [-0.39, 0.29) is 10.9 Å². The quantitative estimate of drug-likeness (QED) is 0.502. The SMILES string of the molecule is NC(=O)n1c(=O)[nH]c(=O)c2cc(N)ccc21. The molecule has 0 saturated carbocycles. The smallest absolute Gasteiger partial charge is 0.337 e. The summed E-state index contributed by atoms with van der Waals surface area (Å²) in [5, 5.41) is 0.137. The molecule has 1 amide bonds. The van der Waals surface area contributed by atoms with E-state index in [1.165, 1.54) is 18.2 Å². The highest BCUT2D eigenvalue weighted by Gasteiger charge is 2.10. The number of rotatable bonds is 0. The van der Waals surface area contributed by atoms with E-state index in [1.54, 1.807) is 0 Å². The highest BCUT2D eigenvalue weighted by atomic mass is 16.2. The average Bonchev–Trinajstić information content (AvgIpc) is 2.18. The zero-order valence-corrected chi connectivity index (χ0v) is 8.06. The standard InChI is InChI=1S/C9H8N4O3/c10-4-1-2-6-5(3-4)7(14)12-9(16)13(6)8(11)15/h1-3H,10H2,(H2,11,15)(H,12,14,16). The lowest BCUT2D eigenvalue weighted by molar-refractivity contribution is 0.250. The molecule has 0 atom stereocenters. The molecule has 82 valence electrons. The van der Waals surface area contributed by atoms with Gasteiger partial charge in [-0.1, -0.05) is 0 Å². The third kappa shape index (κ3) is 1.34. The normalized spacial score (nSPS) is 10.5. The molecule has 0 aliphatic rings. The summed E-state index contributed by atoms with van der Waals surface area (Å²) in [6, 6.07) is 3.27. The first-order valence-corrected chi connectivity index (χ1v) is 4.35. The van der Waals surface area contributed by atoms with Crippen molar-refractivity contribution in [1.82, 2.24) is 9.55 Å². The molecule has 0 aliphatic carbocycles. The number of carbonyl (C=O) groups excluding carboxylic acids is 1. The Kier molecular flexibility index (Phi) is 2.01. The molecule has 2 rings (SSSR count). The first-order valence-electron chi connectivity index (χ1n) is 4.35. The van der Waals surface area contributed by atoms with Crippen LogP contribution in [0.4, 0.5) is 10.5 Å². The van der Waals surface area contributed by atoms with Crippen molar-refractivity contribution in [2.24, 2.45) is 5.73 Å². The van der Waals surface area contributed by atoms with Crippen LogP contribution in [-0.2, 0) is 0 Å². The van der Waals surface area contributed by atoms with Gasteiger partial charge in [0.05, 0.1) is 10.9 Å². The van der Waals surface area contributed by atoms with E-state index in [0.717, 1.165) is 0 Å². The third-order valence-electron chi connectivity index (χ3n) is 2.15. The maximum Gasteiger partial charge on any atom is 0.337 e. The second-order valence-electron chi connectivity index (χ2n) is 3.21. The van der Waals surface area contributed by atoms with E-state index in [4.69, 9.17) is 11.5 Å². The van der Waals surface area contributed by atoms with Crippen LogP contribution in [0.15, 0.2) is 27.8 Å². The first-order chi connectivity index (χ1) is 7.50. The maximum atomic E-state index is 11.5. The molecule has 0 fully saturated rings.